The molecule has 260 valence electrons. The van der Waals surface area contributed by atoms with Crippen molar-refractivity contribution in [2.45, 2.75) is 78.7 Å². The van der Waals surface area contributed by atoms with Gasteiger partial charge in [-0.05, 0) is 61.1 Å². The first kappa shape index (κ1) is 38.3. The molecule has 0 spiro atoms. The molecule has 4 N–H and O–H groups in total. The van der Waals surface area contributed by atoms with Crippen LogP contribution in [0.2, 0.25) is 5.02 Å². The summed E-state index contributed by atoms with van der Waals surface area (Å²) in [7, 11) is 1.50. The lowest BCUT2D eigenvalue weighted by molar-refractivity contribution is -0.178. The fraction of sp³-hybridized carbons (Fsp3) is 0.459. The number of hydrogen-bond donors (Lipinski definition) is 3. The van der Waals surface area contributed by atoms with E-state index in [2.05, 4.69) is 10.6 Å². The zero-order valence-electron chi connectivity index (χ0n) is 28.6. The van der Waals surface area contributed by atoms with E-state index in [9.17, 15) is 19.2 Å². The monoisotopic (exact) mass is 681 g/mol. The summed E-state index contributed by atoms with van der Waals surface area (Å²) < 4.78 is 17.0. The van der Waals surface area contributed by atoms with E-state index in [4.69, 9.17) is 31.5 Å². The van der Waals surface area contributed by atoms with Gasteiger partial charge in [0.15, 0.2) is 6.10 Å². The molecular formula is C37H48ClN3O7. The molecule has 0 bridgehead atoms. The van der Waals surface area contributed by atoms with Gasteiger partial charge in [0.05, 0.1) is 17.5 Å². The lowest BCUT2D eigenvalue weighted by Gasteiger charge is -2.29. The molecule has 2 aromatic carbocycles. The van der Waals surface area contributed by atoms with Crippen molar-refractivity contribution in [1.29, 1.82) is 0 Å². The van der Waals surface area contributed by atoms with Gasteiger partial charge in [-0.1, -0.05) is 80.9 Å². The highest BCUT2D eigenvalue weighted by molar-refractivity contribution is 6.32. The van der Waals surface area contributed by atoms with Gasteiger partial charge in [-0.2, -0.15) is 0 Å². The van der Waals surface area contributed by atoms with Crippen molar-refractivity contribution in [1.82, 2.24) is 10.6 Å². The van der Waals surface area contributed by atoms with Crippen molar-refractivity contribution in [3.63, 3.8) is 0 Å². The topological polar surface area (TPSA) is 146 Å². The number of benzene rings is 2. The number of hydrogen-bond acceptors (Lipinski definition) is 8. The van der Waals surface area contributed by atoms with Crippen molar-refractivity contribution in [2.24, 2.45) is 23.0 Å². The molecular weight excluding hydrogens is 634 g/mol. The first-order valence-electron chi connectivity index (χ1n) is 16.2. The van der Waals surface area contributed by atoms with E-state index >= 15 is 0 Å². The van der Waals surface area contributed by atoms with Gasteiger partial charge in [-0.3, -0.25) is 14.4 Å². The largest absolute Gasteiger partial charge is 0.495 e. The molecule has 2 aromatic rings. The molecule has 11 heteroatoms. The highest BCUT2D eigenvalue weighted by Gasteiger charge is 2.37. The normalized spacial score (nSPS) is 22.4. The van der Waals surface area contributed by atoms with Crippen LogP contribution in [0.4, 0.5) is 0 Å². The Hall–Kier alpha value is -4.15. The van der Waals surface area contributed by atoms with Gasteiger partial charge in [-0.25, -0.2) is 4.79 Å². The molecule has 0 aromatic heterocycles. The Morgan fingerprint density at radius 2 is 1.73 bits per heavy atom. The average Bonchev–Trinajstić information content (AvgIpc) is 3.04. The average molecular weight is 682 g/mol. The maximum Gasteiger partial charge on any atom is 0.347 e. The summed E-state index contributed by atoms with van der Waals surface area (Å²) in [4.78, 5) is 53.5. The van der Waals surface area contributed by atoms with Crippen molar-refractivity contribution in [2.75, 3.05) is 13.7 Å². The van der Waals surface area contributed by atoms with E-state index < -0.39 is 47.4 Å². The van der Waals surface area contributed by atoms with Crippen molar-refractivity contribution >= 4 is 41.4 Å². The maximum atomic E-state index is 13.5. The summed E-state index contributed by atoms with van der Waals surface area (Å²) in [6.45, 7) is 9.32. The molecule has 10 nitrogen and oxygen atoms in total. The molecule has 0 fully saturated rings. The standard InChI is InChI=1S/C37H48ClN3O7/c1-23(2)18-32-35(44)47-30(24(3)10-11-25-12-14-26(21-39)15-13-25)8-7-9-33(42)41-29(20-27-16-17-31(46-6)28(38)19-27)34(43)40-22-37(4,5)36(45)48-32/h7,9-17,19,23-24,29-30,32H,8,18,20-22,39H2,1-6H3,(H,40,43)(H,41,42)/b9-7+,11-10+/t24-,29-,30+,32+/m1/s1. The van der Waals surface area contributed by atoms with Crippen molar-refractivity contribution in [3.8, 4) is 5.75 Å². The maximum absolute atomic E-state index is 13.5. The second-order valence-electron chi connectivity index (χ2n) is 13.1. The van der Waals surface area contributed by atoms with E-state index in [0.717, 1.165) is 11.1 Å². The second-order valence-corrected chi connectivity index (χ2v) is 13.5. The minimum Gasteiger partial charge on any atom is -0.495 e. The number of esters is 2. The van der Waals surface area contributed by atoms with E-state index in [1.807, 2.05) is 57.2 Å². The van der Waals surface area contributed by atoms with Crippen LogP contribution in [0, 0.1) is 17.3 Å². The quantitative estimate of drug-likeness (QED) is 0.308. The third-order valence-electron chi connectivity index (χ3n) is 8.04. The third kappa shape index (κ3) is 11.5. The number of carbonyl (C=O) groups excluding carboxylic acids is 4. The Balaban J connectivity index is 1.93. The molecule has 1 heterocycles. The predicted molar refractivity (Wildman–Crippen MR) is 186 cm³/mol. The van der Waals surface area contributed by atoms with E-state index in [1.54, 1.807) is 38.1 Å². The summed E-state index contributed by atoms with van der Waals surface area (Å²) in [5.74, 6) is -2.11. The third-order valence-corrected chi connectivity index (χ3v) is 8.34. The highest BCUT2D eigenvalue weighted by atomic mass is 35.5. The van der Waals surface area contributed by atoms with Gasteiger partial charge in [0, 0.05) is 31.8 Å². The minimum absolute atomic E-state index is 0.0202. The lowest BCUT2D eigenvalue weighted by atomic mass is 9.93. The summed E-state index contributed by atoms with van der Waals surface area (Å²) in [5.41, 5.74) is 7.17. The Bertz CT molecular complexity index is 1490. The van der Waals surface area contributed by atoms with Crippen LogP contribution in [0.1, 0.15) is 64.2 Å². The number of ether oxygens (including phenoxy) is 3. The van der Waals surface area contributed by atoms with Crippen LogP contribution in [0.5, 0.6) is 5.75 Å². The van der Waals surface area contributed by atoms with E-state index in [1.165, 1.54) is 13.2 Å². The van der Waals surface area contributed by atoms with Crippen LogP contribution >= 0.6 is 11.6 Å². The second kappa shape index (κ2) is 17.8. The zero-order valence-corrected chi connectivity index (χ0v) is 29.3. The number of nitrogens with two attached hydrogens (primary N) is 1. The molecule has 0 unspecified atom stereocenters. The summed E-state index contributed by atoms with van der Waals surface area (Å²) >= 11 is 6.32. The van der Waals surface area contributed by atoms with Crippen LogP contribution in [0.3, 0.4) is 0 Å². The Kier molecular flexibility index (Phi) is 14.2. The Morgan fingerprint density at radius 3 is 2.35 bits per heavy atom. The van der Waals surface area contributed by atoms with Gasteiger partial charge >= 0.3 is 11.9 Å². The first-order valence-corrected chi connectivity index (χ1v) is 16.6. The molecule has 0 saturated carbocycles. The molecule has 1 aliphatic heterocycles. The van der Waals surface area contributed by atoms with Crippen LogP contribution in [-0.2, 0) is 41.6 Å². The summed E-state index contributed by atoms with van der Waals surface area (Å²) in [5, 5.41) is 5.90. The van der Waals surface area contributed by atoms with Gasteiger partial charge < -0.3 is 30.6 Å². The van der Waals surface area contributed by atoms with Crippen LogP contribution in [0.25, 0.3) is 6.08 Å². The number of halogens is 1. The van der Waals surface area contributed by atoms with Crippen LogP contribution in [0.15, 0.2) is 60.7 Å². The fourth-order valence-corrected chi connectivity index (χ4v) is 5.25. The zero-order chi connectivity index (χ0) is 35.4. The number of carbonyl (C=O) groups is 4. The SMILES string of the molecule is COc1ccc(C[C@H]2NC(=O)/C=C/C[C@@H]([C@H](C)/C=C/c3ccc(CN)cc3)OC(=O)[C@H](CC(C)C)OC(=O)C(C)(C)CNC2=O)cc1Cl. The lowest BCUT2D eigenvalue weighted by Crippen LogP contribution is -2.51. The smallest absolute Gasteiger partial charge is 0.347 e. The minimum atomic E-state index is -1.20. The predicted octanol–water partition coefficient (Wildman–Crippen LogP) is 5.16. The Labute approximate surface area is 288 Å². The number of methoxy groups -OCH3 is 1. The van der Waals surface area contributed by atoms with E-state index in [-0.39, 0.29) is 37.6 Å². The molecule has 0 radical (unpaired) electrons. The van der Waals surface area contributed by atoms with Crippen molar-refractivity contribution in [3.05, 3.63) is 82.4 Å². The van der Waals surface area contributed by atoms with Gasteiger partial charge in [-0.15, -0.1) is 0 Å². The van der Waals surface area contributed by atoms with Crippen LogP contribution < -0.4 is 21.1 Å². The van der Waals surface area contributed by atoms with Gasteiger partial charge in [0.25, 0.3) is 0 Å². The molecule has 0 saturated heterocycles. The fourth-order valence-electron chi connectivity index (χ4n) is 4.97. The number of cyclic esters (lactones) is 2. The van der Waals surface area contributed by atoms with E-state index in [0.29, 0.717) is 22.9 Å². The number of rotatable bonds is 9. The molecule has 2 amide bonds. The van der Waals surface area contributed by atoms with Crippen LogP contribution in [-0.4, -0.2) is 55.7 Å². The van der Waals surface area contributed by atoms with Gasteiger partial charge in [0.2, 0.25) is 11.8 Å². The molecule has 4 atom stereocenters. The molecule has 3 rings (SSSR count). The molecule has 1 aliphatic rings. The number of nitrogens with one attached hydrogen (secondary N) is 2. The van der Waals surface area contributed by atoms with Crippen molar-refractivity contribution < 1.29 is 33.4 Å². The number of amides is 2. The Morgan fingerprint density at radius 1 is 1.04 bits per heavy atom. The van der Waals surface area contributed by atoms with Gasteiger partial charge in [0.1, 0.15) is 17.9 Å². The first-order chi connectivity index (χ1) is 22.7. The molecule has 0 aliphatic carbocycles. The summed E-state index contributed by atoms with van der Waals surface area (Å²) in [6.07, 6.45) is 5.52. The summed E-state index contributed by atoms with van der Waals surface area (Å²) in [6, 6.07) is 11.9. The molecule has 48 heavy (non-hydrogen) atoms. The highest BCUT2D eigenvalue weighted by Crippen LogP contribution is 2.26.